The average Bonchev–Trinajstić information content (AvgIpc) is 2.10. The molecule has 1 unspecified atom stereocenters. The molecule has 0 aliphatic heterocycles. The Morgan fingerprint density at radius 1 is 1.38 bits per heavy atom. The molecule has 2 heteroatoms. The van der Waals surface area contributed by atoms with Gasteiger partial charge in [-0.15, -0.1) is 0 Å². The third kappa shape index (κ3) is 7.72. The second-order valence-corrected chi connectivity index (χ2v) is 3.93. The van der Waals surface area contributed by atoms with Crippen molar-refractivity contribution >= 4 is 6.29 Å². The largest absolute Gasteiger partial charge is 0.393 e. The molecular weight excluding hydrogens is 164 g/mol. The number of hydrogen-bond donors (Lipinski definition) is 1. The molecular formula is C11H20O2. The van der Waals surface area contributed by atoms with E-state index in [4.69, 9.17) is 0 Å². The van der Waals surface area contributed by atoms with Gasteiger partial charge >= 0.3 is 0 Å². The van der Waals surface area contributed by atoms with Gasteiger partial charge in [-0.2, -0.15) is 0 Å². The van der Waals surface area contributed by atoms with Gasteiger partial charge in [0.15, 0.2) is 0 Å². The van der Waals surface area contributed by atoms with E-state index < -0.39 is 0 Å². The molecule has 0 heterocycles. The second-order valence-electron chi connectivity index (χ2n) is 3.93. The topological polar surface area (TPSA) is 37.3 Å². The van der Waals surface area contributed by atoms with Crippen LogP contribution < -0.4 is 0 Å². The van der Waals surface area contributed by atoms with Gasteiger partial charge in [0.25, 0.3) is 0 Å². The number of aliphatic hydroxyl groups excluding tert-OH is 1. The summed E-state index contributed by atoms with van der Waals surface area (Å²) in [4.78, 5) is 10.2. The number of carbonyl (C=O) groups excluding carboxylic acids is 1. The molecule has 0 spiro atoms. The van der Waals surface area contributed by atoms with E-state index in [0.717, 1.165) is 19.1 Å². The van der Waals surface area contributed by atoms with Gasteiger partial charge in [0.2, 0.25) is 0 Å². The molecule has 2 nitrogen and oxygen atoms in total. The van der Waals surface area contributed by atoms with E-state index in [1.807, 2.05) is 0 Å². The van der Waals surface area contributed by atoms with E-state index in [0.29, 0.717) is 17.9 Å². The first-order chi connectivity index (χ1) is 6.06. The van der Waals surface area contributed by atoms with Crippen LogP contribution in [0, 0.1) is 5.92 Å². The molecule has 0 aliphatic carbocycles. The highest BCUT2D eigenvalue weighted by molar-refractivity contribution is 5.71. The normalized spacial score (nSPS) is 14.7. The van der Waals surface area contributed by atoms with Crippen molar-refractivity contribution in [1.29, 1.82) is 0 Å². The van der Waals surface area contributed by atoms with Crippen molar-refractivity contribution in [2.24, 2.45) is 5.92 Å². The quantitative estimate of drug-likeness (QED) is 0.508. The third-order valence-electron chi connectivity index (χ3n) is 1.98. The van der Waals surface area contributed by atoms with Crippen LogP contribution in [-0.2, 0) is 4.79 Å². The minimum absolute atomic E-state index is 0.294. The van der Waals surface area contributed by atoms with Gasteiger partial charge in [-0.1, -0.05) is 19.9 Å². The number of hydrogen-bond acceptors (Lipinski definition) is 2. The van der Waals surface area contributed by atoms with Gasteiger partial charge in [0, 0.05) is 0 Å². The van der Waals surface area contributed by atoms with Crippen molar-refractivity contribution < 1.29 is 9.90 Å². The highest BCUT2D eigenvalue weighted by Gasteiger charge is 2.03. The Hall–Kier alpha value is -0.630. The molecule has 0 radical (unpaired) electrons. The molecule has 13 heavy (non-hydrogen) atoms. The monoisotopic (exact) mass is 184 g/mol. The molecule has 0 fully saturated rings. The van der Waals surface area contributed by atoms with E-state index in [2.05, 4.69) is 13.8 Å². The summed E-state index contributed by atoms with van der Waals surface area (Å²) in [5.41, 5.74) is 0.698. The Morgan fingerprint density at radius 2 is 2.00 bits per heavy atom. The SMILES string of the molecule is C/C(C=O)=C\CC(O)CCC(C)C. The van der Waals surface area contributed by atoms with Gasteiger partial charge in [-0.05, 0) is 37.7 Å². The van der Waals surface area contributed by atoms with Crippen LogP contribution >= 0.6 is 0 Å². The zero-order valence-electron chi connectivity index (χ0n) is 8.79. The fourth-order valence-electron chi connectivity index (χ4n) is 1.01. The van der Waals surface area contributed by atoms with Crippen LogP contribution in [-0.4, -0.2) is 17.5 Å². The van der Waals surface area contributed by atoms with Crippen molar-refractivity contribution in [2.75, 3.05) is 0 Å². The number of aliphatic hydroxyl groups is 1. The lowest BCUT2D eigenvalue weighted by atomic mass is 10.0. The molecule has 0 bridgehead atoms. The van der Waals surface area contributed by atoms with Crippen molar-refractivity contribution in [3.05, 3.63) is 11.6 Å². The maximum atomic E-state index is 10.2. The molecule has 76 valence electrons. The summed E-state index contributed by atoms with van der Waals surface area (Å²) in [6.07, 6.45) is 4.76. The lowest BCUT2D eigenvalue weighted by Crippen LogP contribution is -2.06. The van der Waals surface area contributed by atoms with Crippen LogP contribution in [0.5, 0.6) is 0 Å². The van der Waals surface area contributed by atoms with Crippen LogP contribution in [0.2, 0.25) is 0 Å². The number of allylic oxidation sites excluding steroid dienone is 1. The number of carbonyl (C=O) groups is 1. The molecule has 0 aliphatic rings. The Morgan fingerprint density at radius 3 is 2.46 bits per heavy atom. The summed E-state index contributed by atoms with van der Waals surface area (Å²) in [7, 11) is 0. The summed E-state index contributed by atoms with van der Waals surface area (Å²) < 4.78 is 0. The molecule has 0 rings (SSSR count). The lowest BCUT2D eigenvalue weighted by molar-refractivity contribution is -0.104. The minimum Gasteiger partial charge on any atom is -0.393 e. The molecule has 0 aromatic rings. The fraction of sp³-hybridized carbons (Fsp3) is 0.727. The minimum atomic E-state index is -0.294. The molecule has 0 saturated heterocycles. The fourth-order valence-corrected chi connectivity index (χ4v) is 1.01. The highest BCUT2D eigenvalue weighted by atomic mass is 16.3. The van der Waals surface area contributed by atoms with Crippen molar-refractivity contribution in [3.63, 3.8) is 0 Å². The van der Waals surface area contributed by atoms with Gasteiger partial charge in [-0.3, -0.25) is 4.79 Å². The van der Waals surface area contributed by atoms with E-state index in [-0.39, 0.29) is 6.10 Å². The van der Waals surface area contributed by atoms with E-state index in [1.165, 1.54) is 0 Å². The smallest absolute Gasteiger partial charge is 0.145 e. The van der Waals surface area contributed by atoms with Crippen LogP contribution in [0.4, 0.5) is 0 Å². The summed E-state index contributed by atoms with van der Waals surface area (Å²) in [6, 6.07) is 0. The van der Waals surface area contributed by atoms with Crippen molar-refractivity contribution in [2.45, 2.75) is 46.1 Å². The number of rotatable bonds is 6. The average molecular weight is 184 g/mol. The highest BCUT2D eigenvalue weighted by Crippen LogP contribution is 2.09. The summed E-state index contributed by atoms with van der Waals surface area (Å²) in [5.74, 6) is 0.630. The Balaban J connectivity index is 3.62. The van der Waals surface area contributed by atoms with E-state index in [9.17, 15) is 9.90 Å². The molecule has 0 saturated carbocycles. The molecule has 0 aromatic carbocycles. The van der Waals surface area contributed by atoms with Gasteiger partial charge < -0.3 is 5.11 Å². The first-order valence-corrected chi connectivity index (χ1v) is 4.86. The second kappa shape index (κ2) is 6.84. The van der Waals surface area contributed by atoms with Crippen LogP contribution in [0.1, 0.15) is 40.0 Å². The van der Waals surface area contributed by atoms with E-state index in [1.54, 1.807) is 13.0 Å². The lowest BCUT2D eigenvalue weighted by Gasteiger charge is -2.09. The zero-order chi connectivity index (χ0) is 10.3. The van der Waals surface area contributed by atoms with Gasteiger partial charge in [0.05, 0.1) is 6.10 Å². The third-order valence-corrected chi connectivity index (χ3v) is 1.98. The molecule has 1 atom stereocenters. The van der Waals surface area contributed by atoms with Crippen molar-refractivity contribution in [1.82, 2.24) is 0 Å². The maximum Gasteiger partial charge on any atom is 0.145 e. The summed E-state index contributed by atoms with van der Waals surface area (Å²) in [5, 5.41) is 9.48. The standard InChI is InChI=1S/C11H20O2/c1-9(2)4-6-11(13)7-5-10(3)8-12/h5,8-9,11,13H,4,6-7H2,1-3H3/b10-5+. The van der Waals surface area contributed by atoms with Crippen molar-refractivity contribution in [3.8, 4) is 0 Å². The van der Waals surface area contributed by atoms with Crippen LogP contribution in [0.15, 0.2) is 11.6 Å². The summed E-state index contributed by atoms with van der Waals surface area (Å²) in [6.45, 7) is 6.03. The first-order valence-electron chi connectivity index (χ1n) is 4.86. The maximum absolute atomic E-state index is 10.2. The molecule has 0 amide bonds. The Labute approximate surface area is 80.7 Å². The molecule has 0 aromatic heterocycles. The van der Waals surface area contributed by atoms with Gasteiger partial charge in [0.1, 0.15) is 6.29 Å². The predicted molar refractivity (Wildman–Crippen MR) is 54.5 cm³/mol. The Kier molecular flexibility index (Phi) is 6.51. The zero-order valence-corrected chi connectivity index (χ0v) is 8.79. The van der Waals surface area contributed by atoms with Gasteiger partial charge in [-0.25, -0.2) is 0 Å². The molecule has 1 N–H and O–H groups in total. The van der Waals surface area contributed by atoms with Crippen LogP contribution in [0.25, 0.3) is 0 Å². The Bertz CT molecular complexity index is 171. The van der Waals surface area contributed by atoms with Crippen LogP contribution in [0.3, 0.4) is 0 Å². The summed E-state index contributed by atoms with van der Waals surface area (Å²) >= 11 is 0. The van der Waals surface area contributed by atoms with E-state index >= 15 is 0 Å². The predicted octanol–water partition coefficient (Wildman–Crippen LogP) is 2.32. The number of aldehydes is 1. The first kappa shape index (κ1) is 12.4.